The molecule has 0 atom stereocenters. The first-order chi connectivity index (χ1) is 11.8. The van der Waals surface area contributed by atoms with Crippen LogP contribution in [0.25, 0.3) is 10.9 Å². The first kappa shape index (κ1) is 16.2. The SMILES string of the molecule is CCCCNc1nc(NCc2ccc(F)cc2)c2ccccc2n1. The smallest absolute Gasteiger partial charge is 0.225 e. The van der Waals surface area contributed by atoms with Gasteiger partial charge in [-0.25, -0.2) is 9.37 Å². The number of hydrogen-bond acceptors (Lipinski definition) is 4. The van der Waals surface area contributed by atoms with Crippen LogP contribution in [0.3, 0.4) is 0 Å². The summed E-state index contributed by atoms with van der Waals surface area (Å²) >= 11 is 0. The van der Waals surface area contributed by atoms with Gasteiger partial charge in [-0.1, -0.05) is 37.6 Å². The highest BCUT2D eigenvalue weighted by molar-refractivity contribution is 5.90. The van der Waals surface area contributed by atoms with Crippen LogP contribution < -0.4 is 10.6 Å². The minimum atomic E-state index is -0.228. The molecule has 3 aromatic rings. The van der Waals surface area contributed by atoms with Crippen LogP contribution >= 0.6 is 0 Å². The second-order valence-corrected chi connectivity index (χ2v) is 5.67. The fourth-order valence-electron chi connectivity index (χ4n) is 2.46. The Morgan fingerprint density at radius 2 is 1.75 bits per heavy atom. The van der Waals surface area contributed by atoms with Gasteiger partial charge in [0.2, 0.25) is 5.95 Å². The van der Waals surface area contributed by atoms with Gasteiger partial charge in [0.15, 0.2) is 0 Å². The molecule has 2 N–H and O–H groups in total. The molecule has 0 fully saturated rings. The van der Waals surface area contributed by atoms with Crippen molar-refractivity contribution < 1.29 is 4.39 Å². The Morgan fingerprint density at radius 3 is 2.54 bits per heavy atom. The van der Waals surface area contributed by atoms with Crippen molar-refractivity contribution in [3.8, 4) is 0 Å². The van der Waals surface area contributed by atoms with E-state index in [1.807, 2.05) is 24.3 Å². The molecule has 0 aliphatic heterocycles. The minimum Gasteiger partial charge on any atom is -0.365 e. The maximum Gasteiger partial charge on any atom is 0.225 e. The van der Waals surface area contributed by atoms with E-state index < -0.39 is 0 Å². The highest BCUT2D eigenvalue weighted by Gasteiger charge is 2.07. The first-order valence-electron chi connectivity index (χ1n) is 8.25. The van der Waals surface area contributed by atoms with Crippen molar-refractivity contribution in [2.75, 3.05) is 17.2 Å². The molecular formula is C19H21FN4. The van der Waals surface area contributed by atoms with Crippen LogP contribution in [0.1, 0.15) is 25.3 Å². The average molecular weight is 324 g/mol. The lowest BCUT2D eigenvalue weighted by atomic mass is 10.2. The zero-order valence-electron chi connectivity index (χ0n) is 13.7. The van der Waals surface area contributed by atoms with Gasteiger partial charge in [0.05, 0.1) is 5.52 Å². The summed E-state index contributed by atoms with van der Waals surface area (Å²) in [5.41, 5.74) is 1.90. The summed E-state index contributed by atoms with van der Waals surface area (Å²) < 4.78 is 13.0. The van der Waals surface area contributed by atoms with Gasteiger partial charge in [0, 0.05) is 18.5 Å². The van der Waals surface area contributed by atoms with Gasteiger partial charge in [-0.05, 0) is 36.2 Å². The van der Waals surface area contributed by atoms with Crippen molar-refractivity contribution in [3.05, 3.63) is 59.9 Å². The summed E-state index contributed by atoms with van der Waals surface area (Å²) in [7, 11) is 0. The second kappa shape index (κ2) is 7.73. The molecule has 0 amide bonds. The maximum absolute atomic E-state index is 13.0. The summed E-state index contributed by atoms with van der Waals surface area (Å²) in [6.07, 6.45) is 2.20. The Labute approximate surface area is 141 Å². The Bertz CT molecular complexity index is 802. The van der Waals surface area contributed by atoms with Crippen molar-refractivity contribution >= 4 is 22.7 Å². The van der Waals surface area contributed by atoms with Gasteiger partial charge in [-0.3, -0.25) is 0 Å². The first-order valence-corrected chi connectivity index (χ1v) is 8.25. The van der Waals surface area contributed by atoms with Gasteiger partial charge >= 0.3 is 0 Å². The summed E-state index contributed by atoms with van der Waals surface area (Å²) in [5.74, 6) is 1.18. The molecule has 0 bridgehead atoms. The van der Waals surface area contributed by atoms with Crippen molar-refractivity contribution in [3.63, 3.8) is 0 Å². The molecule has 3 rings (SSSR count). The summed E-state index contributed by atoms with van der Waals surface area (Å²) in [6.45, 7) is 3.58. The van der Waals surface area contributed by atoms with Crippen molar-refractivity contribution in [1.29, 1.82) is 0 Å². The van der Waals surface area contributed by atoms with Crippen molar-refractivity contribution in [2.24, 2.45) is 0 Å². The number of hydrogen-bond donors (Lipinski definition) is 2. The van der Waals surface area contributed by atoms with Gasteiger partial charge in [-0.2, -0.15) is 4.98 Å². The fourth-order valence-corrected chi connectivity index (χ4v) is 2.46. The highest BCUT2D eigenvalue weighted by atomic mass is 19.1. The monoisotopic (exact) mass is 324 g/mol. The second-order valence-electron chi connectivity index (χ2n) is 5.67. The summed E-state index contributed by atoms with van der Waals surface area (Å²) in [6, 6.07) is 14.4. The lowest BCUT2D eigenvalue weighted by Gasteiger charge is -2.12. The molecule has 0 saturated carbocycles. The molecule has 0 spiro atoms. The lowest BCUT2D eigenvalue weighted by Crippen LogP contribution is -2.08. The average Bonchev–Trinajstić information content (AvgIpc) is 2.61. The van der Waals surface area contributed by atoms with E-state index in [2.05, 4.69) is 27.5 Å². The zero-order valence-corrected chi connectivity index (χ0v) is 13.7. The predicted molar refractivity (Wildman–Crippen MR) is 96.7 cm³/mol. The largest absolute Gasteiger partial charge is 0.365 e. The van der Waals surface area contributed by atoms with Crippen molar-refractivity contribution in [1.82, 2.24) is 9.97 Å². The molecule has 0 saturated heterocycles. The Morgan fingerprint density at radius 1 is 0.958 bits per heavy atom. The lowest BCUT2D eigenvalue weighted by molar-refractivity contribution is 0.627. The standard InChI is InChI=1S/C19H21FN4/c1-2-3-12-21-19-23-17-7-5-4-6-16(17)18(24-19)22-13-14-8-10-15(20)11-9-14/h4-11H,2-3,12-13H2,1H3,(H2,21,22,23,24). The Kier molecular flexibility index (Phi) is 5.21. The van der Waals surface area contributed by atoms with Crippen LogP contribution in [0.15, 0.2) is 48.5 Å². The number of nitrogens with zero attached hydrogens (tertiary/aromatic N) is 2. The molecule has 0 aliphatic rings. The number of anilines is 2. The van der Waals surface area contributed by atoms with E-state index in [1.54, 1.807) is 12.1 Å². The molecule has 0 aliphatic carbocycles. The predicted octanol–water partition coefficient (Wildman–Crippen LogP) is 4.59. The molecule has 0 unspecified atom stereocenters. The number of para-hydroxylation sites is 1. The Hall–Kier alpha value is -2.69. The van der Waals surface area contributed by atoms with E-state index in [-0.39, 0.29) is 5.82 Å². The van der Waals surface area contributed by atoms with Gasteiger partial charge < -0.3 is 10.6 Å². The molecule has 124 valence electrons. The number of rotatable bonds is 7. The van der Waals surface area contributed by atoms with E-state index in [0.29, 0.717) is 12.5 Å². The molecule has 1 heterocycles. The molecular weight excluding hydrogens is 303 g/mol. The molecule has 5 heteroatoms. The van der Waals surface area contributed by atoms with Gasteiger partial charge in [0.1, 0.15) is 11.6 Å². The Balaban J connectivity index is 1.82. The third kappa shape index (κ3) is 3.98. The highest BCUT2D eigenvalue weighted by Crippen LogP contribution is 2.22. The maximum atomic E-state index is 13.0. The van der Waals surface area contributed by atoms with Crippen LogP contribution in [-0.2, 0) is 6.54 Å². The van der Waals surface area contributed by atoms with Crippen LogP contribution in [0, 0.1) is 5.82 Å². The number of halogens is 1. The molecule has 1 aromatic heterocycles. The third-order valence-corrected chi connectivity index (χ3v) is 3.79. The van der Waals surface area contributed by atoms with E-state index in [9.17, 15) is 4.39 Å². The normalized spacial score (nSPS) is 10.8. The van der Waals surface area contributed by atoms with E-state index in [1.165, 1.54) is 12.1 Å². The third-order valence-electron chi connectivity index (χ3n) is 3.79. The topological polar surface area (TPSA) is 49.8 Å². The molecule has 0 radical (unpaired) electrons. The summed E-state index contributed by atoms with van der Waals surface area (Å²) in [4.78, 5) is 9.16. The number of unbranched alkanes of at least 4 members (excludes halogenated alkanes) is 1. The molecule has 4 nitrogen and oxygen atoms in total. The number of fused-ring (bicyclic) bond motifs is 1. The van der Waals surface area contributed by atoms with E-state index >= 15 is 0 Å². The van der Waals surface area contributed by atoms with E-state index in [0.717, 1.165) is 41.7 Å². The van der Waals surface area contributed by atoms with Crippen LogP contribution in [0.5, 0.6) is 0 Å². The van der Waals surface area contributed by atoms with Gasteiger partial charge in [0.25, 0.3) is 0 Å². The molecule has 2 aromatic carbocycles. The number of aromatic nitrogens is 2. The number of benzene rings is 2. The van der Waals surface area contributed by atoms with Crippen LogP contribution in [0.4, 0.5) is 16.2 Å². The van der Waals surface area contributed by atoms with Crippen LogP contribution in [-0.4, -0.2) is 16.5 Å². The summed E-state index contributed by atoms with van der Waals surface area (Å²) in [5, 5.41) is 7.59. The fraction of sp³-hybridized carbons (Fsp3) is 0.263. The molecule has 24 heavy (non-hydrogen) atoms. The quantitative estimate of drug-likeness (QED) is 0.624. The van der Waals surface area contributed by atoms with Gasteiger partial charge in [-0.15, -0.1) is 0 Å². The minimum absolute atomic E-state index is 0.228. The van der Waals surface area contributed by atoms with E-state index in [4.69, 9.17) is 0 Å². The van der Waals surface area contributed by atoms with Crippen LogP contribution in [0.2, 0.25) is 0 Å². The van der Waals surface area contributed by atoms with Crippen molar-refractivity contribution in [2.45, 2.75) is 26.3 Å². The zero-order chi connectivity index (χ0) is 16.8. The number of nitrogens with one attached hydrogen (secondary N) is 2.